The van der Waals surface area contributed by atoms with Crippen molar-refractivity contribution < 1.29 is 4.74 Å². The Labute approximate surface area is 70.2 Å². The average molecular weight is 191 g/mol. The molecular weight excluding hydrogens is 182 g/mol. The maximum Gasteiger partial charge on any atom is 0.218 e. The third-order valence-electron chi connectivity index (χ3n) is 0.741. The number of halogens is 3. The van der Waals surface area contributed by atoms with E-state index in [0.29, 0.717) is 18.9 Å². The van der Waals surface area contributed by atoms with Gasteiger partial charge in [0.1, 0.15) is 0 Å². The highest BCUT2D eigenvalue weighted by Crippen LogP contribution is 2.26. The first kappa shape index (κ1) is 9.83. The van der Waals surface area contributed by atoms with E-state index < -0.39 is 4.52 Å². The fraction of sp³-hybridized carbons (Fsp3) is 1.00. The van der Waals surface area contributed by atoms with Gasteiger partial charge in [0.15, 0.2) is 0 Å². The summed E-state index contributed by atoms with van der Waals surface area (Å²) in [6, 6.07) is 0. The molecular formula is C5H9Cl3O. The van der Waals surface area contributed by atoms with Crippen LogP contribution in [0, 0.1) is 0 Å². The third-order valence-corrected chi connectivity index (χ3v) is 1.53. The largest absolute Gasteiger partial charge is 0.347 e. The molecule has 0 radical (unpaired) electrons. The van der Waals surface area contributed by atoms with E-state index in [9.17, 15) is 0 Å². The first-order chi connectivity index (χ1) is 4.12. The smallest absolute Gasteiger partial charge is 0.218 e. The Balaban J connectivity index is 3.43. The zero-order valence-electron chi connectivity index (χ0n) is 5.16. The predicted octanol–water partition coefficient (Wildman–Crippen LogP) is 2.78. The molecule has 0 amide bonds. The molecule has 0 aromatic carbocycles. The van der Waals surface area contributed by atoms with Crippen LogP contribution in [0.2, 0.25) is 0 Å². The summed E-state index contributed by atoms with van der Waals surface area (Å²) < 4.78 is 3.83. The van der Waals surface area contributed by atoms with E-state index in [1.165, 1.54) is 0 Å². The summed E-state index contributed by atoms with van der Waals surface area (Å²) in [5.74, 6) is 0.410. The summed E-state index contributed by atoms with van der Waals surface area (Å²) in [5.41, 5.74) is 0. The molecule has 0 aliphatic rings. The van der Waals surface area contributed by atoms with E-state index in [1.54, 1.807) is 0 Å². The van der Waals surface area contributed by atoms with Crippen molar-refractivity contribution in [2.45, 2.75) is 17.9 Å². The molecule has 1 nitrogen and oxygen atoms in total. The SMILES string of the molecule is CCOC(Cl)(Cl)CCCl. The van der Waals surface area contributed by atoms with Gasteiger partial charge in [-0.15, -0.1) is 11.6 Å². The second-order valence-corrected chi connectivity index (χ2v) is 3.30. The van der Waals surface area contributed by atoms with Crippen molar-refractivity contribution in [1.82, 2.24) is 0 Å². The summed E-state index contributed by atoms with van der Waals surface area (Å²) in [7, 11) is 0. The van der Waals surface area contributed by atoms with Gasteiger partial charge in [0.2, 0.25) is 4.52 Å². The fourth-order valence-corrected chi connectivity index (χ4v) is 1.26. The topological polar surface area (TPSA) is 9.23 Å². The molecule has 0 spiro atoms. The van der Waals surface area contributed by atoms with Crippen molar-refractivity contribution >= 4 is 34.8 Å². The molecule has 0 aliphatic carbocycles. The zero-order valence-corrected chi connectivity index (χ0v) is 7.43. The minimum Gasteiger partial charge on any atom is -0.347 e. The minimum atomic E-state index is -1.09. The van der Waals surface area contributed by atoms with Crippen LogP contribution in [-0.4, -0.2) is 17.0 Å². The van der Waals surface area contributed by atoms with Gasteiger partial charge in [-0.25, -0.2) is 0 Å². The molecule has 4 heteroatoms. The number of ether oxygens (including phenoxy) is 1. The van der Waals surface area contributed by atoms with Crippen molar-refractivity contribution in [3.63, 3.8) is 0 Å². The van der Waals surface area contributed by atoms with E-state index in [1.807, 2.05) is 6.92 Å². The molecule has 0 aromatic heterocycles. The lowest BCUT2D eigenvalue weighted by molar-refractivity contribution is 0.0870. The highest BCUT2D eigenvalue weighted by molar-refractivity contribution is 6.47. The molecule has 0 N–H and O–H groups in total. The monoisotopic (exact) mass is 190 g/mol. The second-order valence-electron chi connectivity index (χ2n) is 1.51. The van der Waals surface area contributed by atoms with Crippen LogP contribution in [0.1, 0.15) is 13.3 Å². The highest BCUT2D eigenvalue weighted by Gasteiger charge is 2.22. The van der Waals surface area contributed by atoms with Gasteiger partial charge in [-0.3, -0.25) is 0 Å². The van der Waals surface area contributed by atoms with E-state index in [0.717, 1.165) is 0 Å². The molecule has 9 heavy (non-hydrogen) atoms. The summed E-state index contributed by atoms with van der Waals surface area (Å²) in [5, 5.41) is 0. The van der Waals surface area contributed by atoms with Crippen LogP contribution in [0.3, 0.4) is 0 Å². The van der Waals surface area contributed by atoms with Crippen molar-refractivity contribution in [2.24, 2.45) is 0 Å². The number of hydrogen-bond acceptors (Lipinski definition) is 1. The zero-order chi connectivity index (χ0) is 7.33. The summed E-state index contributed by atoms with van der Waals surface area (Å²) >= 11 is 16.6. The first-order valence-electron chi connectivity index (χ1n) is 2.70. The molecule has 0 bridgehead atoms. The van der Waals surface area contributed by atoms with E-state index >= 15 is 0 Å². The third kappa shape index (κ3) is 5.28. The van der Waals surface area contributed by atoms with Gasteiger partial charge in [-0.1, -0.05) is 23.2 Å². The quantitative estimate of drug-likeness (QED) is 0.621. The lowest BCUT2D eigenvalue weighted by atomic mass is 10.5. The van der Waals surface area contributed by atoms with Gasteiger partial charge in [0, 0.05) is 18.9 Å². The van der Waals surface area contributed by atoms with E-state index in [4.69, 9.17) is 39.5 Å². The molecule has 56 valence electrons. The van der Waals surface area contributed by atoms with Crippen LogP contribution in [-0.2, 0) is 4.74 Å². The molecule has 0 fully saturated rings. The second kappa shape index (κ2) is 4.62. The standard InChI is InChI=1S/C5H9Cl3O/c1-2-9-5(7,8)3-4-6/h2-4H2,1H3. The van der Waals surface area contributed by atoms with Crippen molar-refractivity contribution in [1.29, 1.82) is 0 Å². The van der Waals surface area contributed by atoms with E-state index in [2.05, 4.69) is 0 Å². The van der Waals surface area contributed by atoms with Crippen LogP contribution in [0.5, 0.6) is 0 Å². The molecule has 0 aliphatic heterocycles. The average Bonchev–Trinajstić information content (AvgIpc) is 1.64. The Morgan fingerprint density at radius 1 is 1.44 bits per heavy atom. The van der Waals surface area contributed by atoms with Gasteiger partial charge in [0.25, 0.3) is 0 Å². The Kier molecular flexibility index (Phi) is 5.04. The van der Waals surface area contributed by atoms with E-state index in [-0.39, 0.29) is 0 Å². The number of hydrogen-bond donors (Lipinski definition) is 0. The molecule has 0 saturated carbocycles. The van der Waals surface area contributed by atoms with Crippen LogP contribution < -0.4 is 0 Å². The molecule has 0 rings (SSSR count). The molecule has 0 unspecified atom stereocenters. The molecule has 0 heterocycles. The fourth-order valence-electron chi connectivity index (χ4n) is 0.393. The van der Waals surface area contributed by atoms with Crippen molar-refractivity contribution in [3.8, 4) is 0 Å². The normalized spacial score (nSPS) is 12.0. The Morgan fingerprint density at radius 3 is 2.33 bits per heavy atom. The molecule has 0 aromatic rings. The Morgan fingerprint density at radius 2 is 2.00 bits per heavy atom. The molecule has 0 saturated heterocycles. The predicted molar refractivity (Wildman–Crippen MR) is 41.4 cm³/mol. The first-order valence-corrected chi connectivity index (χ1v) is 3.99. The Bertz CT molecular complexity index is 66.6. The molecule has 0 atom stereocenters. The van der Waals surface area contributed by atoms with Crippen molar-refractivity contribution in [2.75, 3.05) is 12.5 Å². The maximum absolute atomic E-state index is 5.60. The van der Waals surface area contributed by atoms with Gasteiger partial charge < -0.3 is 4.74 Å². The van der Waals surface area contributed by atoms with Crippen LogP contribution in [0.4, 0.5) is 0 Å². The van der Waals surface area contributed by atoms with Gasteiger partial charge in [-0.2, -0.15) is 0 Å². The lowest BCUT2D eigenvalue weighted by Crippen LogP contribution is -2.17. The van der Waals surface area contributed by atoms with Gasteiger partial charge in [-0.05, 0) is 6.92 Å². The van der Waals surface area contributed by atoms with Gasteiger partial charge >= 0.3 is 0 Å². The number of rotatable bonds is 4. The lowest BCUT2D eigenvalue weighted by Gasteiger charge is -2.16. The number of alkyl halides is 3. The van der Waals surface area contributed by atoms with Crippen LogP contribution in [0.15, 0.2) is 0 Å². The highest BCUT2D eigenvalue weighted by atomic mass is 35.5. The minimum absolute atomic E-state index is 0.410. The summed E-state index contributed by atoms with van der Waals surface area (Å²) in [6.45, 7) is 2.33. The van der Waals surface area contributed by atoms with Crippen LogP contribution >= 0.6 is 34.8 Å². The summed E-state index contributed by atoms with van der Waals surface area (Å²) in [6.07, 6.45) is 0.450. The van der Waals surface area contributed by atoms with Crippen LogP contribution in [0.25, 0.3) is 0 Å². The Hall–Kier alpha value is 0.830. The van der Waals surface area contributed by atoms with Crippen molar-refractivity contribution in [3.05, 3.63) is 0 Å². The summed E-state index contributed by atoms with van der Waals surface area (Å²) in [4.78, 5) is 0. The van der Waals surface area contributed by atoms with Gasteiger partial charge in [0.05, 0.1) is 0 Å². The maximum atomic E-state index is 5.60.